The molecule has 18 heavy (non-hydrogen) atoms. The van der Waals surface area contributed by atoms with Crippen LogP contribution in [0.3, 0.4) is 0 Å². The van der Waals surface area contributed by atoms with Crippen molar-refractivity contribution in [1.29, 1.82) is 0 Å². The second kappa shape index (κ2) is 6.95. The van der Waals surface area contributed by atoms with Crippen molar-refractivity contribution in [2.24, 2.45) is 0 Å². The van der Waals surface area contributed by atoms with Gasteiger partial charge < -0.3 is 16.0 Å². The molecular weight excluding hydrogens is 256 g/mol. The Kier molecular flexibility index (Phi) is 5.57. The average Bonchev–Trinajstić information content (AvgIpc) is 2.34. The van der Waals surface area contributed by atoms with Gasteiger partial charge in [-0.3, -0.25) is 4.79 Å². The van der Waals surface area contributed by atoms with Gasteiger partial charge >= 0.3 is 0 Å². The first kappa shape index (κ1) is 14.4. The Morgan fingerprint density at radius 3 is 2.61 bits per heavy atom. The van der Waals surface area contributed by atoms with E-state index in [4.69, 9.17) is 11.6 Å². The van der Waals surface area contributed by atoms with Crippen LogP contribution in [-0.2, 0) is 4.79 Å². The lowest BCUT2D eigenvalue weighted by atomic mass is 10.3. The lowest BCUT2D eigenvalue weighted by Gasteiger charge is -2.13. The van der Waals surface area contributed by atoms with E-state index in [0.717, 1.165) is 6.42 Å². The van der Waals surface area contributed by atoms with Crippen LogP contribution in [0.2, 0.25) is 5.28 Å². The summed E-state index contributed by atoms with van der Waals surface area (Å²) in [6, 6.07) is -0.445. The Morgan fingerprint density at radius 1 is 1.33 bits per heavy atom. The zero-order valence-corrected chi connectivity index (χ0v) is 11.4. The molecule has 1 aromatic heterocycles. The molecule has 0 bridgehead atoms. The molecule has 3 N–H and O–H groups in total. The number of amides is 1. The van der Waals surface area contributed by atoms with Crippen molar-refractivity contribution in [3.05, 3.63) is 5.28 Å². The van der Waals surface area contributed by atoms with Crippen LogP contribution >= 0.6 is 11.6 Å². The van der Waals surface area contributed by atoms with E-state index in [1.165, 1.54) is 0 Å². The van der Waals surface area contributed by atoms with Crippen LogP contribution in [0.5, 0.6) is 0 Å². The van der Waals surface area contributed by atoms with E-state index in [1.54, 1.807) is 14.0 Å². The van der Waals surface area contributed by atoms with E-state index in [0.29, 0.717) is 12.5 Å². The summed E-state index contributed by atoms with van der Waals surface area (Å²) in [7, 11) is 1.67. The minimum atomic E-state index is -0.445. The largest absolute Gasteiger partial charge is 0.357 e. The maximum atomic E-state index is 11.7. The van der Waals surface area contributed by atoms with Crippen LogP contribution in [0, 0.1) is 0 Å². The van der Waals surface area contributed by atoms with Crippen molar-refractivity contribution in [3.8, 4) is 0 Å². The van der Waals surface area contributed by atoms with E-state index < -0.39 is 6.04 Å². The van der Waals surface area contributed by atoms with Gasteiger partial charge in [0.05, 0.1) is 0 Å². The number of aromatic nitrogens is 3. The Morgan fingerprint density at radius 2 is 2.00 bits per heavy atom. The van der Waals surface area contributed by atoms with Crippen molar-refractivity contribution >= 4 is 29.4 Å². The standard InChI is InChI=1S/C10H17ClN6O/c1-4-5-13-7(18)6(2)14-10-16-8(11)15-9(12-3)17-10/h6H,4-5H2,1-3H3,(H,13,18)(H2,12,14,15,16,17). The minimum absolute atomic E-state index is 0.0676. The lowest BCUT2D eigenvalue weighted by molar-refractivity contribution is -0.121. The molecule has 0 aromatic carbocycles. The van der Waals surface area contributed by atoms with E-state index in [9.17, 15) is 4.79 Å². The molecule has 7 nitrogen and oxygen atoms in total. The average molecular weight is 273 g/mol. The van der Waals surface area contributed by atoms with Crippen LogP contribution in [0.1, 0.15) is 20.3 Å². The number of rotatable bonds is 6. The van der Waals surface area contributed by atoms with Crippen LogP contribution in [-0.4, -0.2) is 40.5 Å². The molecule has 1 heterocycles. The number of nitrogens with one attached hydrogen (secondary N) is 3. The van der Waals surface area contributed by atoms with Crippen molar-refractivity contribution in [2.75, 3.05) is 24.2 Å². The van der Waals surface area contributed by atoms with Crippen LogP contribution in [0.4, 0.5) is 11.9 Å². The highest BCUT2D eigenvalue weighted by atomic mass is 35.5. The second-order valence-corrected chi connectivity index (χ2v) is 4.00. The van der Waals surface area contributed by atoms with E-state index in [-0.39, 0.29) is 17.1 Å². The number of hydrogen-bond donors (Lipinski definition) is 3. The molecule has 1 unspecified atom stereocenters. The third kappa shape index (κ3) is 4.33. The highest BCUT2D eigenvalue weighted by molar-refractivity contribution is 6.28. The zero-order valence-electron chi connectivity index (χ0n) is 10.6. The summed E-state index contributed by atoms with van der Waals surface area (Å²) in [4.78, 5) is 23.4. The molecule has 0 fully saturated rings. The Hall–Kier alpha value is -1.63. The van der Waals surface area contributed by atoms with Gasteiger partial charge in [-0.1, -0.05) is 6.92 Å². The van der Waals surface area contributed by atoms with Gasteiger partial charge in [-0.25, -0.2) is 0 Å². The smallest absolute Gasteiger partial charge is 0.242 e. The predicted molar refractivity (Wildman–Crippen MR) is 70.8 cm³/mol. The first-order valence-electron chi connectivity index (χ1n) is 5.70. The Labute approximate surface area is 111 Å². The molecule has 0 radical (unpaired) electrons. The van der Waals surface area contributed by atoms with Crippen molar-refractivity contribution in [3.63, 3.8) is 0 Å². The lowest BCUT2D eigenvalue weighted by Crippen LogP contribution is -2.38. The first-order chi connectivity index (χ1) is 8.56. The maximum Gasteiger partial charge on any atom is 0.242 e. The van der Waals surface area contributed by atoms with Gasteiger partial charge in [-0.15, -0.1) is 0 Å². The van der Waals surface area contributed by atoms with E-state index >= 15 is 0 Å². The number of anilines is 2. The number of halogens is 1. The van der Waals surface area contributed by atoms with Gasteiger partial charge in [-0.2, -0.15) is 15.0 Å². The summed E-state index contributed by atoms with van der Waals surface area (Å²) < 4.78 is 0. The molecule has 1 aromatic rings. The topological polar surface area (TPSA) is 91.8 Å². The van der Waals surface area contributed by atoms with Gasteiger partial charge in [0, 0.05) is 13.6 Å². The third-order valence-electron chi connectivity index (χ3n) is 2.12. The first-order valence-corrected chi connectivity index (χ1v) is 6.08. The predicted octanol–water partition coefficient (Wildman–Crippen LogP) is 0.893. The number of nitrogens with zero attached hydrogens (tertiary/aromatic N) is 3. The Bertz CT molecular complexity index is 413. The summed E-state index contributed by atoms with van der Waals surface area (Å²) in [5.74, 6) is 0.497. The molecule has 0 aliphatic carbocycles. The van der Waals surface area contributed by atoms with Gasteiger partial charge in [-0.05, 0) is 24.9 Å². The molecule has 0 saturated carbocycles. The SMILES string of the molecule is CCCNC(=O)C(C)Nc1nc(Cl)nc(NC)n1. The normalized spacial score (nSPS) is 11.8. The number of carbonyl (C=O) groups is 1. The molecule has 1 atom stereocenters. The maximum absolute atomic E-state index is 11.7. The molecule has 0 aliphatic rings. The molecule has 100 valence electrons. The van der Waals surface area contributed by atoms with E-state index in [2.05, 4.69) is 30.9 Å². The molecule has 0 saturated heterocycles. The molecule has 1 rings (SSSR count). The van der Waals surface area contributed by atoms with Crippen LogP contribution < -0.4 is 16.0 Å². The van der Waals surface area contributed by atoms with Gasteiger partial charge in [0.15, 0.2) is 0 Å². The summed E-state index contributed by atoms with van der Waals surface area (Å²) in [5.41, 5.74) is 0. The molecule has 0 spiro atoms. The third-order valence-corrected chi connectivity index (χ3v) is 2.29. The van der Waals surface area contributed by atoms with Crippen LogP contribution in [0.25, 0.3) is 0 Å². The fourth-order valence-corrected chi connectivity index (χ4v) is 1.35. The molecule has 1 amide bonds. The highest BCUT2D eigenvalue weighted by Gasteiger charge is 2.14. The number of carbonyl (C=O) groups excluding carboxylic acids is 1. The monoisotopic (exact) mass is 272 g/mol. The van der Waals surface area contributed by atoms with E-state index in [1.807, 2.05) is 6.92 Å². The zero-order chi connectivity index (χ0) is 13.5. The summed E-state index contributed by atoms with van der Waals surface area (Å²) in [5, 5.41) is 8.47. The van der Waals surface area contributed by atoms with Gasteiger partial charge in [0.2, 0.25) is 23.1 Å². The second-order valence-electron chi connectivity index (χ2n) is 3.66. The fraction of sp³-hybridized carbons (Fsp3) is 0.600. The molecular formula is C10H17ClN6O. The quantitative estimate of drug-likeness (QED) is 0.712. The summed E-state index contributed by atoms with van der Waals surface area (Å²) in [6.45, 7) is 4.36. The Balaban J connectivity index is 2.66. The van der Waals surface area contributed by atoms with Crippen LogP contribution in [0.15, 0.2) is 0 Å². The minimum Gasteiger partial charge on any atom is -0.357 e. The van der Waals surface area contributed by atoms with Gasteiger partial charge in [0.25, 0.3) is 0 Å². The fourth-order valence-electron chi connectivity index (χ4n) is 1.19. The summed E-state index contributed by atoms with van der Waals surface area (Å²) >= 11 is 5.73. The van der Waals surface area contributed by atoms with Crippen molar-refractivity contribution in [2.45, 2.75) is 26.3 Å². The van der Waals surface area contributed by atoms with Crippen molar-refractivity contribution in [1.82, 2.24) is 20.3 Å². The molecule has 0 aliphatic heterocycles. The van der Waals surface area contributed by atoms with Crippen molar-refractivity contribution < 1.29 is 4.79 Å². The molecule has 8 heteroatoms. The number of hydrogen-bond acceptors (Lipinski definition) is 6. The highest BCUT2D eigenvalue weighted by Crippen LogP contribution is 2.09. The van der Waals surface area contributed by atoms with Gasteiger partial charge in [0.1, 0.15) is 6.04 Å². The summed E-state index contributed by atoms with van der Waals surface area (Å²) in [6.07, 6.45) is 0.889.